The first-order valence-electron chi connectivity index (χ1n) is 8.91. The number of anilines is 1. The van der Waals surface area contributed by atoms with Crippen molar-refractivity contribution >= 4 is 22.4 Å². The first-order valence-corrected chi connectivity index (χ1v) is 9.79. The van der Waals surface area contributed by atoms with Crippen LogP contribution in [0.25, 0.3) is 11.3 Å². The van der Waals surface area contributed by atoms with Crippen molar-refractivity contribution in [2.75, 3.05) is 5.32 Å². The molecule has 2 aromatic heterocycles. The molecular formula is C20H19N5O3S. The minimum atomic E-state index is -0.785. The van der Waals surface area contributed by atoms with E-state index in [-0.39, 0.29) is 12.1 Å². The minimum absolute atomic E-state index is 0.189. The van der Waals surface area contributed by atoms with E-state index in [0.29, 0.717) is 5.13 Å². The van der Waals surface area contributed by atoms with Gasteiger partial charge in [0.2, 0.25) is 5.91 Å². The number of nitriles is 1. The molecule has 0 aliphatic rings. The van der Waals surface area contributed by atoms with E-state index in [1.807, 2.05) is 37.4 Å². The van der Waals surface area contributed by atoms with Gasteiger partial charge < -0.3 is 5.32 Å². The van der Waals surface area contributed by atoms with E-state index in [0.717, 1.165) is 21.4 Å². The Morgan fingerprint density at radius 2 is 2.03 bits per heavy atom. The molecule has 0 aliphatic carbocycles. The molecule has 3 aromatic rings. The maximum absolute atomic E-state index is 12.4. The van der Waals surface area contributed by atoms with E-state index in [1.165, 1.54) is 27.7 Å². The number of thiazole rings is 1. The summed E-state index contributed by atoms with van der Waals surface area (Å²) in [6.07, 6.45) is 1.20. The molecule has 8 nitrogen and oxygen atoms in total. The number of aromatic nitrogens is 3. The van der Waals surface area contributed by atoms with Gasteiger partial charge in [-0.1, -0.05) is 12.1 Å². The number of aryl methyl sites for hydroxylation is 3. The number of hydrogen-bond donors (Lipinski definition) is 1. The zero-order valence-electron chi connectivity index (χ0n) is 16.2. The van der Waals surface area contributed by atoms with Crippen molar-refractivity contribution < 1.29 is 4.79 Å². The lowest BCUT2D eigenvalue weighted by Crippen LogP contribution is -2.43. The summed E-state index contributed by atoms with van der Waals surface area (Å²) in [5, 5.41) is 13.9. The number of hydrogen-bond acceptors (Lipinski definition) is 6. The molecule has 29 heavy (non-hydrogen) atoms. The number of rotatable bonds is 5. The maximum atomic E-state index is 12.4. The molecule has 1 amide bonds. The third-order valence-electron chi connectivity index (χ3n) is 4.55. The van der Waals surface area contributed by atoms with E-state index >= 15 is 0 Å². The molecule has 0 spiro atoms. The Morgan fingerprint density at radius 1 is 1.28 bits per heavy atom. The molecule has 0 atom stereocenters. The average molecular weight is 409 g/mol. The normalized spacial score (nSPS) is 10.6. The fraction of sp³-hybridized carbons (Fsp3) is 0.250. The molecule has 1 N–H and O–H groups in total. The van der Waals surface area contributed by atoms with Crippen LogP contribution in [0.2, 0.25) is 0 Å². The van der Waals surface area contributed by atoms with Gasteiger partial charge in [0.15, 0.2) is 5.13 Å². The number of benzene rings is 1. The van der Waals surface area contributed by atoms with Crippen molar-refractivity contribution in [2.24, 2.45) is 0 Å². The van der Waals surface area contributed by atoms with E-state index in [1.54, 1.807) is 13.0 Å². The van der Waals surface area contributed by atoms with E-state index in [9.17, 15) is 14.4 Å². The summed E-state index contributed by atoms with van der Waals surface area (Å²) in [5.41, 5.74) is 2.38. The summed E-state index contributed by atoms with van der Waals surface area (Å²) in [6.45, 7) is 5.54. The van der Waals surface area contributed by atoms with Crippen LogP contribution < -0.4 is 16.6 Å². The number of carbonyl (C=O) groups is 1. The predicted molar refractivity (Wildman–Crippen MR) is 111 cm³/mol. The summed E-state index contributed by atoms with van der Waals surface area (Å²) in [6, 6.07) is 7.75. The van der Waals surface area contributed by atoms with E-state index in [4.69, 9.17) is 5.26 Å². The van der Waals surface area contributed by atoms with Crippen molar-refractivity contribution in [3.8, 4) is 17.3 Å². The van der Waals surface area contributed by atoms with Crippen molar-refractivity contribution in [1.29, 1.82) is 5.26 Å². The highest BCUT2D eigenvalue weighted by atomic mass is 32.1. The van der Waals surface area contributed by atoms with Crippen molar-refractivity contribution in [2.45, 2.75) is 33.9 Å². The van der Waals surface area contributed by atoms with E-state index < -0.39 is 23.7 Å². The van der Waals surface area contributed by atoms with Crippen LogP contribution in [0, 0.1) is 25.2 Å². The van der Waals surface area contributed by atoms with Crippen LogP contribution in [-0.2, 0) is 17.9 Å². The predicted octanol–water partition coefficient (Wildman–Crippen LogP) is 2.28. The summed E-state index contributed by atoms with van der Waals surface area (Å²) < 4.78 is 1.98. The Morgan fingerprint density at radius 3 is 2.69 bits per heavy atom. The number of carbonyl (C=O) groups excluding carboxylic acids is 1. The van der Waals surface area contributed by atoms with Crippen LogP contribution in [0.15, 0.2) is 39.4 Å². The monoisotopic (exact) mass is 409 g/mol. The summed E-state index contributed by atoms with van der Waals surface area (Å²) in [7, 11) is 0. The zero-order valence-corrected chi connectivity index (χ0v) is 17.0. The van der Waals surface area contributed by atoms with Crippen molar-refractivity contribution in [3.63, 3.8) is 0 Å². The second kappa shape index (κ2) is 8.24. The molecule has 0 saturated heterocycles. The van der Waals surface area contributed by atoms with Crippen molar-refractivity contribution in [1.82, 2.24) is 14.1 Å². The van der Waals surface area contributed by atoms with Gasteiger partial charge in [0.25, 0.3) is 5.56 Å². The van der Waals surface area contributed by atoms with Crippen LogP contribution in [-0.4, -0.2) is 20.0 Å². The largest absolute Gasteiger partial charge is 0.331 e. The fourth-order valence-corrected chi connectivity index (χ4v) is 3.50. The Hall–Kier alpha value is -3.51. The Balaban J connectivity index is 1.82. The number of nitrogens with zero attached hydrogens (tertiary/aromatic N) is 4. The lowest BCUT2D eigenvalue weighted by atomic mass is 10.1. The molecule has 148 valence electrons. The van der Waals surface area contributed by atoms with Crippen LogP contribution in [0.3, 0.4) is 0 Å². The van der Waals surface area contributed by atoms with Gasteiger partial charge in [-0.25, -0.2) is 14.3 Å². The Kier molecular flexibility index (Phi) is 5.75. The minimum Gasteiger partial charge on any atom is -0.300 e. The SMILES string of the molecule is CCn1cc(C#N)c(=O)n(CC(=O)Nc2nc(-c3ccc(C)c(C)c3)cs2)c1=O. The highest BCUT2D eigenvalue weighted by Gasteiger charge is 2.15. The Labute approximate surface area is 170 Å². The second-order valence-corrected chi connectivity index (χ2v) is 7.36. The van der Waals surface area contributed by atoms with Crippen LogP contribution in [0.4, 0.5) is 5.13 Å². The third-order valence-corrected chi connectivity index (χ3v) is 5.31. The molecule has 0 aliphatic heterocycles. The van der Waals surface area contributed by atoms with E-state index in [2.05, 4.69) is 10.3 Å². The quantitative estimate of drug-likeness (QED) is 0.695. The summed E-state index contributed by atoms with van der Waals surface area (Å²) in [5.74, 6) is -0.567. The standard InChI is InChI=1S/C20H19N5O3S/c1-4-24-9-15(8-21)18(27)25(20(24)28)10-17(26)23-19-22-16(11-29-19)14-6-5-12(2)13(3)7-14/h5-7,9,11H,4,10H2,1-3H3,(H,22,23,26). The van der Waals surface area contributed by atoms with Crippen LogP contribution in [0.1, 0.15) is 23.6 Å². The molecule has 0 unspecified atom stereocenters. The van der Waals surface area contributed by atoms with Gasteiger partial charge in [0.05, 0.1) is 5.69 Å². The van der Waals surface area contributed by atoms with Gasteiger partial charge in [-0.15, -0.1) is 11.3 Å². The molecule has 0 fully saturated rings. The molecule has 0 saturated carbocycles. The molecule has 9 heteroatoms. The lowest BCUT2D eigenvalue weighted by Gasteiger charge is -2.09. The maximum Gasteiger partial charge on any atom is 0.331 e. The van der Waals surface area contributed by atoms with Crippen LogP contribution in [0.5, 0.6) is 0 Å². The molecular weight excluding hydrogens is 390 g/mol. The molecule has 2 heterocycles. The van der Waals surface area contributed by atoms with Gasteiger partial charge in [0.1, 0.15) is 18.2 Å². The molecule has 1 aromatic carbocycles. The third kappa shape index (κ3) is 4.17. The number of nitrogens with one attached hydrogen (secondary N) is 1. The summed E-state index contributed by atoms with van der Waals surface area (Å²) >= 11 is 1.25. The van der Waals surface area contributed by atoms with Gasteiger partial charge in [0, 0.05) is 23.7 Å². The average Bonchev–Trinajstić information content (AvgIpc) is 3.16. The smallest absolute Gasteiger partial charge is 0.300 e. The van der Waals surface area contributed by atoms with Gasteiger partial charge in [-0.2, -0.15) is 5.26 Å². The van der Waals surface area contributed by atoms with Gasteiger partial charge >= 0.3 is 5.69 Å². The first-order chi connectivity index (χ1) is 13.8. The first kappa shape index (κ1) is 20.2. The molecule has 3 rings (SSSR count). The number of amides is 1. The summed E-state index contributed by atoms with van der Waals surface area (Å²) in [4.78, 5) is 41.4. The van der Waals surface area contributed by atoms with Crippen molar-refractivity contribution in [3.05, 3.63) is 67.3 Å². The van der Waals surface area contributed by atoms with Gasteiger partial charge in [-0.3, -0.25) is 14.2 Å². The highest BCUT2D eigenvalue weighted by molar-refractivity contribution is 7.14. The highest BCUT2D eigenvalue weighted by Crippen LogP contribution is 2.26. The fourth-order valence-electron chi connectivity index (χ4n) is 2.76. The zero-order chi connectivity index (χ0) is 21.1. The van der Waals surface area contributed by atoms with Gasteiger partial charge in [-0.05, 0) is 38.0 Å². The Bertz CT molecular complexity index is 1250. The second-order valence-electron chi connectivity index (χ2n) is 6.50. The molecule has 0 bridgehead atoms. The topological polar surface area (TPSA) is 110 Å². The lowest BCUT2D eigenvalue weighted by molar-refractivity contribution is -0.116. The molecule has 0 radical (unpaired) electrons. The van der Waals surface area contributed by atoms with Crippen LogP contribution >= 0.6 is 11.3 Å².